The second-order valence-corrected chi connectivity index (χ2v) is 6.39. The third-order valence-electron chi connectivity index (χ3n) is 4.62. The number of fused-ring (bicyclic) bond motifs is 1. The minimum absolute atomic E-state index is 0.0345. The summed E-state index contributed by atoms with van der Waals surface area (Å²) in [6.07, 6.45) is 3.40. The van der Waals surface area contributed by atoms with Crippen LogP contribution in [0.5, 0.6) is 17.2 Å². The highest BCUT2D eigenvalue weighted by Gasteiger charge is 2.24. The number of aryl methyl sites for hydroxylation is 1. The summed E-state index contributed by atoms with van der Waals surface area (Å²) < 4.78 is 17.4. The molecular formula is C20H23NO5. The molecule has 0 amide bonds. The fraction of sp³-hybridized carbons (Fsp3) is 0.400. The number of hydrogen-bond donors (Lipinski definition) is 0. The molecule has 3 rings (SSSR count). The van der Waals surface area contributed by atoms with Gasteiger partial charge in [0.15, 0.2) is 0 Å². The largest absolute Gasteiger partial charge is 0.497 e. The molecule has 0 bridgehead atoms. The van der Waals surface area contributed by atoms with Crippen LogP contribution in [0.2, 0.25) is 0 Å². The maximum Gasteiger partial charge on any atom is 0.273 e. The molecule has 0 aliphatic carbocycles. The van der Waals surface area contributed by atoms with E-state index in [1.54, 1.807) is 19.2 Å². The second-order valence-electron chi connectivity index (χ2n) is 6.39. The lowest BCUT2D eigenvalue weighted by Gasteiger charge is -2.29. The highest BCUT2D eigenvalue weighted by atomic mass is 16.6. The average molecular weight is 357 g/mol. The average Bonchev–Trinajstić information content (AvgIpc) is 2.67. The molecule has 26 heavy (non-hydrogen) atoms. The van der Waals surface area contributed by atoms with E-state index in [9.17, 15) is 10.1 Å². The number of non-ortho nitro benzene ring substituents is 1. The zero-order chi connectivity index (χ0) is 18.5. The fourth-order valence-electron chi connectivity index (χ4n) is 3.15. The van der Waals surface area contributed by atoms with Gasteiger partial charge in [-0.2, -0.15) is 0 Å². The van der Waals surface area contributed by atoms with E-state index >= 15 is 0 Å². The number of nitro groups is 1. The number of benzene rings is 2. The molecule has 2 aromatic carbocycles. The molecule has 0 aromatic heterocycles. The van der Waals surface area contributed by atoms with Crippen molar-refractivity contribution >= 4 is 5.69 Å². The number of methoxy groups -OCH3 is 1. The predicted molar refractivity (Wildman–Crippen MR) is 98.2 cm³/mol. The lowest BCUT2D eigenvalue weighted by atomic mass is 9.98. The zero-order valence-electron chi connectivity index (χ0n) is 15.0. The van der Waals surface area contributed by atoms with Crippen molar-refractivity contribution in [3.8, 4) is 17.2 Å². The first-order valence-corrected chi connectivity index (χ1v) is 8.83. The molecule has 0 radical (unpaired) electrons. The van der Waals surface area contributed by atoms with E-state index < -0.39 is 4.92 Å². The van der Waals surface area contributed by atoms with Gasteiger partial charge in [-0.15, -0.1) is 0 Å². The van der Waals surface area contributed by atoms with Crippen molar-refractivity contribution < 1.29 is 19.1 Å². The maximum absolute atomic E-state index is 10.9. The topological polar surface area (TPSA) is 70.8 Å². The molecule has 0 saturated heterocycles. The van der Waals surface area contributed by atoms with Gasteiger partial charge in [0.2, 0.25) is 0 Å². The summed E-state index contributed by atoms with van der Waals surface area (Å²) in [4.78, 5) is 10.5. The molecule has 2 unspecified atom stereocenters. The summed E-state index contributed by atoms with van der Waals surface area (Å²) in [6, 6.07) is 12.2. The van der Waals surface area contributed by atoms with Gasteiger partial charge in [-0.05, 0) is 37.0 Å². The number of nitrogens with zero attached hydrogens (tertiary/aromatic N) is 1. The van der Waals surface area contributed by atoms with Crippen molar-refractivity contribution in [1.29, 1.82) is 0 Å². The summed E-state index contributed by atoms with van der Waals surface area (Å²) in [5.74, 6) is 2.17. The van der Waals surface area contributed by atoms with Crippen LogP contribution >= 0.6 is 0 Å². The van der Waals surface area contributed by atoms with Crippen LogP contribution in [0.4, 0.5) is 5.69 Å². The van der Waals surface area contributed by atoms with Gasteiger partial charge in [0, 0.05) is 18.6 Å². The van der Waals surface area contributed by atoms with Crippen molar-refractivity contribution in [2.75, 3.05) is 7.11 Å². The van der Waals surface area contributed by atoms with Crippen LogP contribution in [-0.4, -0.2) is 24.2 Å². The highest BCUT2D eigenvalue weighted by Crippen LogP contribution is 2.33. The van der Waals surface area contributed by atoms with Crippen LogP contribution < -0.4 is 14.2 Å². The van der Waals surface area contributed by atoms with E-state index in [0.717, 1.165) is 37.2 Å². The van der Waals surface area contributed by atoms with E-state index in [1.165, 1.54) is 17.7 Å². The van der Waals surface area contributed by atoms with Crippen LogP contribution in [-0.2, 0) is 6.42 Å². The highest BCUT2D eigenvalue weighted by molar-refractivity contribution is 5.42. The molecule has 0 spiro atoms. The Hall–Kier alpha value is -2.76. The molecule has 6 nitrogen and oxygen atoms in total. The molecule has 1 aliphatic heterocycles. The molecule has 1 aliphatic rings. The number of hydrogen-bond acceptors (Lipinski definition) is 5. The van der Waals surface area contributed by atoms with Gasteiger partial charge >= 0.3 is 0 Å². The third-order valence-corrected chi connectivity index (χ3v) is 4.62. The maximum atomic E-state index is 10.9. The van der Waals surface area contributed by atoms with E-state index in [2.05, 4.69) is 0 Å². The fourth-order valence-corrected chi connectivity index (χ4v) is 3.15. The molecule has 0 N–H and O–H groups in total. The summed E-state index contributed by atoms with van der Waals surface area (Å²) in [5, 5.41) is 10.9. The summed E-state index contributed by atoms with van der Waals surface area (Å²) in [5.41, 5.74) is 1.22. The van der Waals surface area contributed by atoms with Crippen LogP contribution in [0.25, 0.3) is 0 Å². The molecular weight excluding hydrogens is 334 g/mol. The Morgan fingerprint density at radius 2 is 2.12 bits per heavy atom. The Labute approximate surface area is 152 Å². The standard InChI is InChI=1S/C20H23NO5/c1-3-16(25-18-6-4-5-15(11-18)21(22)23)12-19-10-8-14-7-9-17(24-2)13-20(14)26-19/h4-7,9,11,13,16,19H,3,8,10,12H2,1-2H3. The van der Waals surface area contributed by atoms with Gasteiger partial charge in [-0.1, -0.05) is 19.1 Å². The van der Waals surface area contributed by atoms with Crippen molar-refractivity contribution in [2.24, 2.45) is 0 Å². The third kappa shape index (κ3) is 4.25. The SMILES string of the molecule is CCC(CC1CCc2ccc(OC)cc2O1)Oc1cccc([N+](=O)[O-])c1. The number of rotatable bonds is 7. The predicted octanol–water partition coefficient (Wildman–Crippen LogP) is 4.54. The van der Waals surface area contributed by atoms with Crippen LogP contribution in [0.15, 0.2) is 42.5 Å². The molecule has 0 fully saturated rings. The van der Waals surface area contributed by atoms with Crippen molar-refractivity contribution in [3.63, 3.8) is 0 Å². The molecule has 1 heterocycles. The van der Waals surface area contributed by atoms with Gasteiger partial charge in [0.05, 0.1) is 18.1 Å². The Kier molecular flexibility index (Phi) is 5.61. The van der Waals surface area contributed by atoms with E-state index in [0.29, 0.717) is 5.75 Å². The van der Waals surface area contributed by atoms with Crippen molar-refractivity contribution in [2.45, 2.75) is 44.8 Å². The second kappa shape index (κ2) is 8.08. The minimum atomic E-state index is -0.414. The Balaban J connectivity index is 1.65. The molecule has 2 atom stereocenters. The van der Waals surface area contributed by atoms with Crippen molar-refractivity contribution in [3.05, 3.63) is 58.1 Å². The van der Waals surface area contributed by atoms with Gasteiger partial charge in [0.1, 0.15) is 29.5 Å². The summed E-state index contributed by atoms with van der Waals surface area (Å²) in [7, 11) is 1.64. The van der Waals surface area contributed by atoms with Gasteiger partial charge < -0.3 is 14.2 Å². The zero-order valence-corrected chi connectivity index (χ0v) is 15.0. The van der Waals surface area contributed by atoms with E-state index in [4.69, 9.17) is 14.2 Å². The number of ether oxygens (including phenoxy) is 3. The lowest BCUT2D eigenvalue weighted by Crippen LogP contribution is -2.30. The molecule has 2 aromatic rings. The molecule has 138 valence electrons. The monoisotopic (exact) mass is 357 g/mol. The molecule has 0 saturated carbocycles. The Bertz CT molecular complexity index is 777. The number of nitro benzene ring substituents is 1. The quantitative estimate of drug-likeness (QED) is 0.537. The van der Waals surface area contributed by atoms with Gasteiger partial charge in [-0.25, -0.2) is 0 Å². The van der Waals surface area contributed by atoms with Crippen molar-refractivity contribution in [1.82, 2.24) is 0 Å². The molecule has 6 heteroatoms. The lowest BCUT2D eigenvalue weighted by molar-refractivity contribution is -0.384. The summed E-state index contributed by atoms with van der Waals surface area (Å²) >= 11 is 0. The van der Waals surface area contributed by atoms with Gasteiger partial charge in [0.25, 0.3) is 5.69 Å². The first-order valence-electron chi connectivity index (χ1n) is 8.83. The van der Waals surface area contributed by atoms with Crippen LogP contribution in [0, 0.1) is 10.1 Å². The van der Waals surface area contributed by atoms with Gasteiger partial charge in [-0.3, -0.25) is 10.1 Å². The first kappa shape index (κ1) is 18.0. The normalized spacial score (nSPS) is 16.9. The minimum Gasteiger partial charge on any atom is -0.497 e. The van der Waals surface area contributed by atoms with Crippen LogP contribution in [0.3, 0.4) is 0 Å². The first-order chi connectivity index (χ1) is 12.6. The summed E-state index contributed by atoms with van der Waals surface area (Å²) in [6.45, 7) is 2.04. The van der Waals surface area contributed by atoms with E-state index in [1.807, 2.05) is 25.1 Å². The van der Waals surface area contributed by atoms with E-state index in [-0.39, 0.29) is 17.9 Å². The smallest absolute Gasteiger partial charge is 0.273 e. The Morgan fingerprint density at radius 1 is 1.27 bits per heavy atom. The Morgan fingerprint density at radius 3 is 2.85 bits per heavy atom. The van der Waals surface area contributed by atoms with Crippen LogP contribution in [0.1, 0.15) is 31.7 Å².